The predicted molar refractivity (Wildman–Crippen MR) is 45.2 cm³/mol. The number of halogens is 2. The average molecular weight is 193 g/mol. The molecule has 0 aliphatic carbocycles. The first kappa shape index (κ1) is 10.3. The Hall–Kier alpha value is -0.730. The highest BCUT2D eigenvalue weighted by atomic mass is 35.5. The van der Waals surface area contributed by atoms with Crippen LogP contribution in [0, 0.1) is 0 Å². The Morgan fingerprint density at radius 2 is 1.27 bits per heavy atom. The van der Waals surface area contributed by atoms with Gasteiger partial charge in [-0.2, -0.15) is 0 Å². The highest BCUT2D eigenvalue weighted by Crippen LogP contribution is 2.12. The Morgan fingerprint density at radius 3 is 1.45 bits per heavy atom. The smallest absolute Gasteiger partial charge is 0.290 e. The minimum Gasteiger partial charge on any atom is -0.483 e. The molecule has 0 aliphatic heterocycles. The van der Waals surface area contributed by atoms with Crippen molar-refractivity contribution in [1.82, 2.24) is 0 Å². The molecule has 0 fully saturated rings. The number of benzene rings is 1. The van der Waals surface area contributed by atoms with Crippen molar-refractivity contribution in [3.8, 4) is 0 Å². The molecule has 4 heteroatoms. The Morgan fingerprint density at radius 1 is 1.09 bits per heavy atom. The van der Waals surface area contributed by atoms with Crippen LogP contribution in [-0.2, 0) is 4.79 Å². The van der Waals surface area contributed by atoms with Gasteiger partial charge in [0.2, 0.25) is 0 Å². The molecule has 11 heavy (non-hydrogen) atoms. The van der Waals surface area contributed by atoms with E-state index in [1.54, 1.807) is 24.3 Å². The van der Waals surface area contributed by atoms with Gasteiger partial charge in [0.25, 0.3) is 6.47 Å². The van der Waals surface area contributed by atoms with Crippen molar-refractivity contribution in [1.29, 1.82) is 0 Å². The summed E-state index contributed by atoms with van der Waals surface area (Å²) in [5.41, 5.74) is 0. The lowest BCUT2D eigenvalue weighted by Gasteiger charge is -1.86. The highest BCUT2D eigenvalue weighted by molar-refractivity contribution is 6.32. The van der Waals surface area contributed by atoms with Gasteiger partial charge in [0.05, 0.1) is 0 Å². The quantitative estimate of drug-likeness (QED) is 0.643. The lowest BCUT2D eigenvalue weighted by molar-refractivity contribution is -0.122. The molecule has 1 aromatic carbocycles. The van der Waals surface area contributed by atoms with Gasteiger partial charge in [0.1, 0.15) is 0 Å². The number of hydrogen-bond acceptors (Lipinski definition) is 1. The van der Waals surface area contributed by atoms with Gasteiger partial charge in [-0.3, -0.25) is 4.79 Å². The molecule has 0 spiro atoms. The van der Waals surface area contributed by atoms with Gasteiger partial charge < -0.3 is 5.11 Å². The molecule has 0 amide bonds. The lowest BCUT2D eigenvalue weighted by Crippen LogP contribution is -1.60. The van der Waals surface area contributed by atoms with Gasteiger partial charge >= 0.3 is 0 Å². The van der Waals surface area contributed by atoms with Gasteiger partial charge in [0, 0.05) is 10.0 Å². The zero-order chi connectivity index (χ0) is 8.69. The molecule has 1 aromatic rings. The van der Waals surface area contributed by atoms with E-state index in [1.807, 2.05) is 0 Å². The fourth-order valence-corrected chi connectivity index (χ4v) is 0.682. The third-order valence-corrected chi connectivity index (χ3v) is 1.31. The SMILES string of the molecule is Clc1ccc(Cl)cc1.O=CO. The largest absolute Gasteiger partial charge is 0.483 e. The topological polar surface area (TPSA) is 37.3 Å². The van der Waals surface area contributed by atoms with Crippen LogP contribution in [0.15, 0.2) is 24.3 Å². The molecule has 0 aliphatic rings. The highest BCUT2D eigenvalue weighted by Gasteiger charge is 1.83. The molecular weight excluding hydrogens is 187 g/mol. The lowest BCUT2D eigenvalue weighted by atomic mass is 10.4. The Kier molecular flexibility index (Phi) is 5.61. The molecule has 1 rings (SSSR count). The fraction of sp³-hybridized carbons (Fsp3) is 0. The Labute approximate surface area is 74.4 Å². The number of carbonyl (C=O) groups is 1. The second-order valence-electron chi connectivity index (χ2n) is 1.54. The molecular formula is C7H6Cl2O2. The minimum atomic E-state index is -0.250. The first-order valence-corrected chi connectivity index (χ1v) is 3.45. The van der Waals surface area contributed by atoms with E-state index in [0.717, 1.165) is 10.0 Å². The summed E-state index contributed by atoms with van der Waals surface area (Å²) in [6, 6.07) is 7.02. The average Bonchev–Trinajstić information content (AvgIpc) is 1.97. The fourth-order valence-electron chi connectivity index (χ4n) is 0.430. The molecule has 0 heterocycles. The summed E-state index contributed by atoms with van der Waals surface area (Å²) in [5, 5.41) is 8.32. The van der Waals surface area contributed by atoms with Crippen LogP contribution >= 0.6 is 23.2 Å². The Balaban J connectivity index is 0.000000292. The number of hydrogen-bond donors (Lipinski definition) is 1. The van der Waals surface area contributed by atoms with Crippen molar-refractivity contribution in [2.45, 2.75) is 0 Å². The van der Waals surface area contributed by atoms with E-state index < -0.39 is 0 Å². The molecule has 0 saturated heterocycles. The molecule has 0 unspecified atom stereocenters. The van der Waals surface area contributed by atoms with E-state index in [2.05, 4.69) is 0 Å². The van der Waals surface area contributed by atoms with E-state index in [0.29, 0.717) is 0 Å². The van der Waals surface area contributed by atoms with E-state index in [4.69, 9.17) is 33.1 Å². The standard InChI is InChI=1S/C6H4Cl2.CH2O2/c7-5-1-2-6(8)4-3-5;2-1-3/h1-4H;1H,(H,2,3). The summed E-state index contributed by atoms with van der Waals surface area (Å²) in [4.78, 5) is 8.36. The van der Waals surface area contributed by atoms with E-state index in [-0.39, 0.29) is 6.47 Å². The number of carboxylic acid groups (broad SMARTS) is 1. The molecule has 2 nitrogen and oxygen atoms in total. The maximum Gasteiger partial charge on any atom is 0.290 e. The van der Waals surface area contributed by atoms with Crippen LogP contribution in [-0.4, -0.2) is 11.6 Å². The van der Waals surface area contributed by atoms with Crippen molar-refractivity contribution >= 4 is 29.7 Å². The molecule has 0 atom stereocenters. The van der Waals surface area contributed by atoms with Crippen molar-refractivity contribution in [2.75, 3.05) is 0 Å². The summed E-state index contributed by atoms with van der Waals surface area (Å²) in [6.45, 7) is -0.250. The minimum absolute atomic E-state index is 0.250. The zero-order valence-corrected chi connectivity index (χ0v) is 7.01. The van der Waals surface area contributed by atoms with Crippen LogP contribution in [0.2, 0.25) is 10.0 Å². The van der Waals surface area contributed by atoms with Gasteiger partial charge in [-0.25, -0.2) is 0 Å². The van der Waals surface area contributed by atoms with Crippen LogP contribution in [0.25, 0.3) is 0 Å². The molecule has 1 N–H and O–H groups in total. The summed E-state index contributed by atoms with van der Waals surface area (Å²) in [6.07, 6.45) is 0. The van der Waals surface area contributed by atoms with Crippen LogP contribution < -0.4 is 0 Å². The maximum absolute atomic E-state index is 8.36. The van der Waals surface area contributed by atoms with Crippen molar-refractivity contribution in [3.05, 3.63) is 34.3 Å². The van der Waals surface area contributed by atoms with E-state index >= 15 is 0 Å². The molecule has 0 saturated carbocycles. The van der Waals surface area contributed by atoms with Gasteiger partial charge in [-0.15, -0.1) is 0 Å². The van der Waals surface area contributed by atoms with Crippen molar-refractivity contribution in [2.24, 2.45) is 0 Å². The summed E-state index contributed by atoms with van der Waals surface area (Å²) >= 11 is 11.1. The number of rotatable bonds is 0. The maximum atomic E-state index is 8.36. The molecule has 0 aromatic heterocycles. The third-order valence-electron chi connectivity index (χ3n) is 0.804. The van der Waals surface area contributed by atoms with Crippen LogP contribution in [0.5, 0.6) is 0 Å². The molecule has 0 radical (unpaired) electrons. The van der Waals surface area contributed by atoms with Gasteiger partial charge in [-0.05, 0) is 24.3 Å². The second kappa shape index (κ2) is 6.01. The summed E-state index contributed by atoms with van der Waals surface area (Å²) < 4.78 is 0. The van der Waals surface area contributed by atoms with Crippen molar-refractivity contribution < 1.29 is 9.90 Å². The monoisotopic (exact) mass is 192 g/mol. The van der Waals surface area contributed by atoms with Crippen LogP contribution in [0.3, 0.4) is 0 Å². The third kappa shape index (κ3) is 5.70. The molecule has 0 bridgehead atoms. The first-order valence-electron chi connectivity index (χ1n) is 2.69. The van der Waals surface area contributed by atoms with Gasteiger partial charge in [0.15, 0.2) is 0 Å². The van der Waals surface area contributed by atoms with Crippen LogP contribution in [0.1, 0.15) is 0 Å². The van der Waals surface area contributed by atoms with E-state index in [1.165, 1.54) is 0 Å². The van der Waals surface area contributed by atoms with Crippen molar-refractivity contribution in [3.63, 3.8) is 0 Å². The van der Waals surface area contributed by atoms with Crippen LogP contribution in [0.4, 0.5) is 0 Å². The van der Waals surface area contributed by atoms with Gasteiger partial charge in [-0.1, -0.05) is 23.2 Å². The summed E-state index contributed by atoms with van der Waals surface area (Å²) in [7, 11) is 0. The first-order chi connectivity index (χ1) is 5.20. The zero-order valence-electron chi connectivity index (χ0n) is 5.50. The second-order valence-corrected chi connectivity index (χ2v) is 2.41. The summed E-state index contributed by atoms with van der Waals surface area (Å²) in [5.74, 6) is 0. The normalized spacial score (nSPS) is 7.82. The Bertz CT molecular complexity index is 187. The van der Waals surface area contributed by atoms with E-state index in [9.17, 15) is 0 Å². The molecule has 60 valence electrons. The predicted octanol–water partition coefficient (Wildman–Crippen LogP) is 2.69.